The number of hydrogen-bond acceptors (Lipinski definition) is 0. The van der Waals surface area contributed by atoms with Crippen LogP contribution in [-0.2, 0) is 0 Å². The zero-order valence-corrected chi connectivity index (χ0v) is 8.96. The topological polar surface area (TPSA) is 0 Å². The summed E-state index contributed by atoms with van der Waals surface area (Å²) < 4.78 is 0. The van der Waals surface area contributed by atoms with Gasteiger partial charge in [-0.2, -0.15) is 0 Å². The Kier molecular flexibility index (Phi) is 3.53. The van der Waals surface area contributed by atoms with E-state index in [1.807, 2.05) is 0 Å². The third kappa shape index (κ3) is 2.58. The van der Waals surface area contributed by atoms with Crippen LogP contribution < -0.4 is 0 Å². The van der Waals surface area contributed by atoms with E-state index in [9.17, 15) is 0 Å². The average Bonchev–Trinajstić information content (AvgIpc) is 2.08. The molecule has 0 bridgehead atoms. The molecule has 3 unspecified atom stereocenters. The fourth-order valence-corrected chi connectivity index (χ4v) is 1.91. The van der Waals surface area contributed by atoms with Crippen molar-refractivity contribution in [2.75, 3.05) is 0 Å². The van der Waals surface area contributed by atoms with E-state index in [1.165, 1.54) is 12.0 Å². The van der Waals surface area contributed by atoms with Gasteiger partial charge in [-0.25, -0.2) is 0 Å². The maximum Gasteiger partial charge on any atom is -0.00228 e. The summed E-state index contributed by atoms with van der Waals surface area (Å²) in [6.07, 6.45) is 10.4. The normalized spacial score (nSPS) is 33.9. The molecule has 0 saturated carbocycles. The van der Waals surface area contributed by atoms with E-state index in [-0.39, 0.29) is 0 Å². The van der Waals surface area contributed by atoms with Gasteiger partial charge in [0.1, 0.15) is 0 Å². The second-order valence-corrected chi connectivity index (χ2v) is 4.12. The molecule has 0 heterocycles. The van der Waals surface area contributed by atoms with Crippen molar-refractivity contribution in [1.29, 1.82) is 0 Å². The van der Waals surface area contributed by atoms with Gasteiger partial charge in [-0.15, -0.1) is 0 Å². The van der Waals surface area contributed by atoms with E-state index in [0.29, 0.717) is 17.8 Å². The van der Waals surface area contributed by atoms with Crippen LogP contribution in [0.25, 0.3) is 0 Å². The van der Waals surface area contributed by atoms with Crippen LogP contribution in [0, 0.1) is 17.8 Å². The van der Waals surface area contributed by atoms with Gasteiger partial charge in [0.05, 0.1) is 0 Å². The van der Waals surface area contributed by atoms with E-state index in [0.717, 1.165) is 0 Å². The first kappa shape index (κ1) is 10.3. The van der Waals surface area contributed by atoms with Crippen molar-refractivity contribution in [3.05, 3.63) is 36.5 Å². The zero-order chi connectivity index (χ0) is 9.84. The van der Waals surface area contributed by atoms with Gasteiger partial charge in [0.25, 0.3) is 0 Å². The SMILES string of the molecule is C=C(C)C1C=CC(C)C(/C=C\C)C1. The highest BCUT2D eigenvalue weighted by Crippen LogP contribution is 2.32. The Morgan fingerprint density at radius 1 is 1.46 bits per heavy atom. The Bertz CT molecular complexity index is 232. The molecule has 0 nitrogen and oxygen atoms in total. The lowest BCUT2D eigenvalue weighted by Crippen LogP contribution is -2.17. The first-order chi connectivity index (χ1) is 6.15. The Balaban J connectivity index is 2.70. The summed E-state index contributed by atoms with van der Waals surface area (Å²) in [6, 6.07) is 0. The number of rotatable bonds is 2. The number of hydrogen-bond donors (Lipinski definition) is 0. The van der Waals surface area contributed by atoms with Crippen molar-refractivity contribution in [1.82, 2.24) is 0 Å². The monoisotopic (exact) mass is 176 g/mol. The van der Waals surface area contributed by atoms with Crippen molar-refractivity contribution in [2.24, 2.45) is 17.8 Å². The van der Waals surface area contributed by atoms with E-state index in [4.69, 9.17) is 0 Å². The quantitative estimate of drug-likeness (QED) is 0.558. The van der Waals surface area contributed by atoms with E-state index in [2.05, 4.69) is 51.7 Å². The maximum absolute atomic E-state index is 4.02. The fraction of sp³-hybridized carbons (Fsp3) is 0.538. The first-order valence-corrected chi connectivity index (χ1v) is 5.11. The molecule has 0 spiro atoms. The van der Waals surface area contributed by atoms with Gasteiger partial charge < -0.3 is 0 Å². The highest BCUT2D eigenvalue weighted by Gasteiger charge is 2.21. The van der Waals surface area contributed by atoms with E-state index < -0.39 is 0 Å². The van der Waals surface area contributed by atoms with E-state index in [1.54, 1.807) is 0 Å². The molecule has 72 valence electrons. The molecule has 0 aromatic rings. The Hall–Kier alpha value is -0.780. The molecule has 3 atom stereocenters. The van der Waals surface area contributed by atoms with Crippen molar-refractivity contribution in [3.8, 4) is 0 Å². The second kappa shape index (κ2) is 4.45. The summed E-state index contributed by atoms with van der Waals surface area (Å²) in [6.45, 7) is 10.5. The van der Waals surface area contributed by atoms with Crippen molar-refractivity contribution in [3.63, 3.8) is 0 Å². The van der Waals surface area contributed by atoms with Crippen molar-refractivity contribution < 1.29 is 0 Å². The molecule has 0 amide bonds. The van der Waals surface area contributed by atoms with Crippen LogP contribution in [0.15, 0.2) is 36.5 Å². The predicted molar refractivity (Wildman–Crippen MR) is 59.5 cm³/mol. The van der Waals surface area contributed by atoms with Gasteiger partial charge in [-0.05, 0) is 38.0 Å². The molecule has 1 aliphatic carbocycles. The van der Waals surface area contributed by atoms with Crippen molar-refractivity contribution >= 4 is 0 Å². The standard InChI is InChI=1S/C13H20/c1-5-6-13-9-12(10(2)3)8-7-11(13)4/h5-8,11-13H,2,9H2,1,3-4H3/b6-5-. The third-order valence-corrected chi connectivity index (χ3v) is 2.92. The Morgan fingerprint density at radius 3 is 2.69 bits per heavy atom. The molecule has 0 N–H and O–H groups in total. The molecular formula is C13H20. The summed E-state index contributed by atoms with van der Waals surface area (Å²) in [4.78, 5) is 0. The van der Waals surface area contributed by atoms with Crippen molar-refractivity contribution in [2.45, 2.75) is 27.2 Å². The molecular weight excluding hydrogens is 156 g/mol. The summed E-state index contributed by atoms with van der Waals surface area (Å²) >= 11 is 0. The van der Waals surface area contributed by atoms with Gasteiger partial charge in [0.2, 0.25) is 0 Å². The van der Waals surface area contributed by atoms with Crippen LogP contribution in [0.4, 0.5) is 0 Å². The Labute approximate surface area is 82.0 Å². The summed E-state index contributed by atoms with van der Waals surface area (Å²) in [5.74, 6) is 1.99. The minimum absolute atomic E-state index is 0.595. The second-order valence-electron chi connectivity index (χ2n) is 4.12. The van der Waals surface area contributed by atoms with Crippen LogP contribution in [0.5, 0.6) is 0 Å². The van der Waals surface area contributed by atoms with Crippen LogP contribution in [-0.4, -0.2) is 0 Å². The smallest absolute Gasteiger partial charge is 0.00228 e. The summed E-state index contributed by atoms with van der Waals surface area (Å²) in [7, 11) is 0. The zero-order valence-electron chi connectivity index (χ0n) is 8.96. The van der Waals surface area contributed by atoms with E-state index >= 15 is 0 Å². The summed E-state index contributed by atoms with van der Waals surface area (Å²) in [5, 5.41) is 0. The summed E-state index contributed by atoms with van der Waals surface area (Å²) in [5.41, 5.74) is 1.29. The average molecular weight is 176 g/mol. The largest absolute Gasteiger partial charge is 0.0995 e. The van der Waals surface area contributed by atoms with Crippen LogP contribution >= 0.6 is 0 Å². The number of allylic oxidation sites excluding steroid dienone is 5. The first-order valence-electron chi connectivity index (χ1n) is 5.11. The van der Waals surface area contributed by atoms with Gasteiger partial charge in [-0.1, -0.05) is 43.4 Å². The molecule has 0 radical (unpaired) electrons. The predicted octanol–water partition coefficient (Wildman–Crippen LogP) is 3.97. The lowest BCUT2D eigenvalue weighted by molar-refractivity contribution is 0.412. The molecule has 0 aliphatic heterocycles. The van der Waals surface area contributed by atoms with Crippen LogP contribution in [0.1, 0.15) is 27.2 Å². The molecule has 1 rings (SSSR count). The Morgan fingerprint density at radius 2 is 2.15 bits per heavy atom. The molecule has 1 aliphatic rings. The minimum Gasteiger partial charge on any atom is -0.0995 e. The minimum atomic E-state index is 0.595. The van der Waals surface area contributed by atoms with Crippen LogP contribution in [0.2, 0.25) is 0 Å². The molecule has 0 fully saturated rings. The molecule has 0 saturated heterocycles. The molecule has 0 aromatic heterocycles. The maximum atomic E-state index is 4.02. The molecule has 0 heteroatoms. The molecule has 0 aromatic carbocycles. The third-order valence-electron chi connectivity index (χ3n) is 2.92. The van der Waals surface area contributed by atoms with Gasteiger partial charge >= 0.3 is 0 Å². The van der Waals surface area contributed by atoms with Gasteiger partial charge in [0, 0.05) is 0 Å². The van der Waals surface area contributed by atoms with Gasteiger partial charge in [0.15, 0.2) is 0 Å². The fourth-order valence-electron chi connectivity index (χ4n) is 1.91. The highest BCUT2D eigenvalue weighted by molar-refractivity contribution is 5.14. The van der Waals surface area contributed by atoms with Crippen LogP contribution in [0.3, 0.4) is 0 Å². The lowest BCUT2D eigenvalue weighted by atomic mass is 9.77. The molecule has 13 heavy (non-hydrogen) atoms. The van der Waals surface area contributed by atoms with Gasteiger partial charge in [-0.3, -0.25) is 0 Å². The highest BCUT2D eigenvalue weighted by atomic mass is 14.3. The lowest BCUT2D eigenvalue weighted by Gasteiger charge is -2.27.